The van der Waals surface area contributed by atoms with E-state index in [4.69, 9.17) is 5.26 Å². The van der Waals surface area contributed by atoms with E-state index >= 15 is 0 Å². The molecular weight excluding hydrogens is 152 g/mol. The molecule has 2 heteroatoms. The molecule has 73 valence electrons. The lowest BCUT2D eigenvalue weighted by molar-refractivity contribution is -0.237. The van der Waals surface area contributed by atoms with Crippen LogP contribution in [-0.2, 0) is 4.89 Å². The third-order valence-electron chi connectivity index (χ3n) is 2.08. The molecule has 0 rings (SSSR count). The smallest absolute Gasteiger partial charge is 0.135 e. The van der Waals surface area contributed by atoms with Crippen LogP contribution in [0.25, 0.3) is 0 Å². The molecule has 0 amide bonds. The van der Waals surface area contributed by atoms with Gasteiger partial charge in [0, 0.05) is 0 Å². The maximum absolute atomic E-state index is 8.39. The second kappa shape index (κ2) is 9.01. The lowest BCUT2D eigenvalue weighted by Crippen LogP contribution is -1.98. The van der Waals surface area contributed by atoms with Crippen molar-refractivity contribution in [1.82, 2.24) is 0 Å². The highest BCUT2D eigenvalue weighted by molar-refractivity contribution is 4.73. The molecule has 0 aliphatic carbocycles. The van der Waals surface area contributed by atoms with E-state index in [-0.39, 0.29) is 0 Å². The normalized spacial score (nSPS) is 11.0. The molecule has 0 bridgehead atoms. The van der Waals surface area contributed by atoms with Crippen LogP contribution in [0.5, 0.6) is 0 Å². The topological polar surface area (TPSA) is 29.5 Å². The first kappa shape index (κ1) is 11.9. The lowest BCUT2D eigenvalue weighted by atomic mass is 10.1. The Hall–Kier alpha value is -0.0800. The molecule has 0 saturated heterocycles. The summed E-state index contributed by atoms with van der Waals surface area (Å²) in [4.78, 5) is 4.22. The zero-order valence-electron chi connectivity index (χ0n) is 8.31. The van der Waals surface area contributed by atoms with Gasteiger partial charge in [-0.1, -0.05) is 46.0 Å². The van der Waals surface area contributed by atoms with Gasteiger partial charge in [-0.15, -0.1) is 0 Å². The van der Waals surface area contributed by atoms with Crippen molar-refractivity contribution in [2.45, 2.75) is 58.8 Å². The van der Waals surface area contributed by atoms with Crippen molar-refractivity contribution in [1.29, 1.82) is 0 Å². The Morgan fingerprint density at radius 2 is 1.75 bits per heavy atom. The molecule has 0 fully saturated rings. The molecule has 0 aliphatic heterocycles. The highest BCUT2D eigenvalue weighted by Crippen LogP contribution is 2.16. The summed E-state index contributed by atoms with van der Waals surface area (Å²) in [7, 11) is 0. The maximum Gasteiger partial charge on any atom is 0.135 e. The molecule has 12 heavy (non-hydrogen) atoms. The van der Waals surface area contributed by atoms with Crippen molar-refractivity contribution in [2.75, 3.05) is 0 Å². The standard InChI is InChI=1S/C10H21O2/c1-3-5-6-7-8-9-10(4-2)12-11/h11H,3-9H2,1-2H3. The van der Waals surface area contributed by atoms with E-state index in [0.717, 1.165) is 25.4 Å². The van der Waals surface area contributed by atoms with E-state index in [9.17, 15) is 0 Å². The number of hydrogen-bond donors (Lipinski definition) is 1. The monoisotopic (exact) mass is 173 g/mol. The molecule has 0 atom stereocenters. The van der Waals surface area contributed by atoms with E-state index in [2.05, 4.69) is 11.8 Å². The average molecular weight is 173 g/mol. The Bertz CT molecular complexity index is 79.9. The molecule has 0 aromatic heterocycles. The molecule has 1 radical (unpaired) electrons. The first-order valence-electron chi connectivity index (χ1n) is 5.01. The summed E-state index contributed by atoms with van der Waals surface area (Å²) in [6.45, 7) is 4.21. The van der Waals surface area contributed by atoms with Gasteiger partial charge in [0.2, 0.25) is 0 Å². The van der Waals surface area contributed by atoms with E-state index in [1.54, 1.807) is 0 Å². The predicted molar refractivity (Wildman–Crippen MR) is 50.6 cm³/mol. The number of hydrogen-bond acceptors (Lipinski definition) is 2. The quantitative estimate of drug-likeness (QED) is 0.344. The first-order chi connectivity index (χ1) is 5.85. The second-order valence-corrected chi connectivity index (χ2v) is 3.15. The highest BCUT2D eigenvalue weighted by atomic mass is 17.1. The second-order valence-electron chi connectivity index (χ2n) is 3.15. The Balaban J connectivity index is 3.06. The highest BCUT2D eigenvalue weighted by Gasteiger charge is 2.05. The van der Waals surface area contributed by atoms with Gasteiger partial charge in [0.05, 0.1) is 0 Å². The largest absolute Gasteiger partial charge is 0.251 e. The summed E-state index contributed by atoms with van der Waals surface area (Å²) in [5.41, 5.74) is 0. The molecule has 0 unspecified atom stereocenters. The Morgan fingerprint density at radius 3 is 2.25 bits per heavy atom. The van der Waals surface area contributed by atoms with Crippen LogP contribution in [-0.4, -0.2) is 5.26 Å². The summed E-state index contributed by atoms with van der Waals surface area (Å²) in [5, 5.41) is 8.39. The summed E-state index contributed by atoms with van der Waals surface area (Å²) >= 11 is 0. The lowest BCUT2D eigenvalue weighted by Gasteiger charge is -2.08. The van der Waals surface area contributed by atoms with Gasteiger partial charge in [0.1, 0.15) is 6.10 Å². The molecule has 0 spiro atoms. The first-order valence-corrected chi connectivity index (χ1v) is 5.01. The van der Waals surface area contributed by atoms with Crippen LogP contribution in [0.4, 0.5) is 0 Å². The van der Waals surface area contributed by atoms with Gasteiger partial charge in [0.25, 0.3) is 0 Å². The average Bonchev–Trinajstić information content (AvgIpc) is 2.11. The van der Waals surface area contributed by atoms with Gasteiger partial charge in [-0.05, 0) is 12.8 Å². The minimum Gasteiger partial charge on any atom is -0.251 e. The summed E-state index contributed by atoms with van der Waals surface area (Å²) in [6, 6.07) is 0. The van der Waals surface area contributed by atoms with E-state index in [1.165, 1.54) is 25.7 Å². The van der Waals surface area contributed by atoms with Crippen molar-refractivity contribution in [3.05, 3.63) is 6.10 Å². The van der Waals surface area contributed by atoms with Crippen LogP contribution >= 0.6 is 0 Å². The Kier molecular flexibility index (Phi) is 8.95. The summed E-state index contributed by atoms with van der Waals surface area (Å²) in [6.07, 6.45) is 8.85. The fourth-order valence-electron chi connectivity index (χ4n) is 1.21. The van der Waals surface area contributed by atoms with Crippen LogP contribution in [0.15, 0.2) is 0 Å². The predicted octanol–water partition coefficient (Wildman–Crippen LogP) is 3.78. The van der Waals surface area contributed by atoms with Crippen molar-refractivity contribution in [3.8, 4) is 0 Å². The van der Waals surface area contributed by atoms with Crippen LogP contribution in [0.2, 0.25) is 0 Å². The van der Waals surface area contributed by atoms with Gasteiger partial charge in [-0.25, -0.2) is 4.89 Å². The number of unbranched alkanes of at least 4 members (excludes halogenated alkanes) is 4. The molecular formula is C10H21O2. The van der Waals surface area contributed by atoms with Crippen LogP contribution in [0.3, 0.4) is 0 Å². The van der Waals surface area contributed by atoms with Gasteiger partial charge in [-0.2, -0.15) is 0 Å². The Morgan fingerprint density at radius 1 is 1.08 bits per heavy atom. The summed E-state index contributed by atoms with van der Waals surface area (Å²) in [5.74, 6) is 0. The third-order valence-corrected chi connectivity index (χ3v) is 2.08. The fourth-order valence-corrected chi connectivity index (χ4v) is 1.21. The molecule has 2 nitrogen and oxygen atoms in total. The zero-order chi connectivity index (χ0) is 9.23. The van der Waals surface area contributed by atoms with E-state index in [1.807, 2.05) is 6.92 Å². The summed E-state index contributed by atoms with van der Waals surface area (Å²) < 4.78 is 0. The third kappa shape index (κ3) is 6.62. The van der Waals surface area contributed by atoms with E-state index < -0.39 is 0 Å². The van der Waals surface area contributed by atoms with Gasteiger partial charge < -0.3 is 0 Å². The number of rotatable bonds is 8. The van der Waals surface area contributed by atoms with Crippen molar-refractivity contribution < 1.29 is 10.1 Å². The SMILES string of the molecule is CCCCCCC[C](CC)OO. The fraction of sp³-hybridized carbons (Fsp3) is 0.900. The van der Waals surface area contributed by atoms with Gasteiger partial charge in [-0.3, -0.25) is 5.26 Å². The minimum absolute atomic E-state index is 0.812. The van der Waals surface area contributed by atoms with Crippen molar-refractivity contribution in [3.63, 3.8) is 0 Å². The van der Waals surface area contributed by atoms with Crippen LogP contribution in [0, 0.1) is 6.10 Å². The van der Waals surface area contributed by atoms with Gasteiger partial charge >= 0.3 is 0 Å². The molecule has 0 saturated carbocycles. The Labute approximate surface area is 75.9 Å². The van der Waals surface area contributed by atoms with Gasteiger partial charge in [0.15, 0.2) is 0 Å². The molecule has 0 heterocycles. The molecule has 0 aromatic carbocycles. The molecule has 1 N–H and O–H groups in total. The van der Waals surface area contributed by atoms with Crippen molar-refractivity contribution in [2.24, 2.45) is 0 Å². The maximum atomic E-state index is 8.39. The van der Waals surface area contributed by atoms with Crippen LogP contribution in [0.1, 0.15) is 58.8 Å². The van der Waals surface area contributed by atoms with Crippen molar-refractivity contribution >= 4 is 0 Å². The molecule has 0 aliphatic rings. The van der Waals surface area contributed by atoms with Crippen LogP contribution < -0.4 is 0 Å². The minimum atomic E-state index is 0.812. The molecule has 0 aromatic rings. The zero-order valence-corrected chi connectivity index (χ0v) is 8.31. The van der Waals surface area contributed by atoms with E-state index in [0.29, 0.717) is 0 Å².